The summed E-state index contributed by atoms with van der Waals surface area (Å²) >= 11 is 7.34. The van der Waals surface area contributed by atoms with Gasteiger partial charge in [-0.05, 0) is 36.4 Å². The Bertz CT molecular complexity index is 967. The summed E-state index contributed by atoms with van der Waals surface area (Å²) in [5.74, 6) is 1.38. The lowest BCUT2D eigenvalue weighted by atomic mass is 10.1. The van der Waals surface area contributed by atoms with Gasteiger partial charge in [0.2, 0.25) is 5.91 Å². The number of carbonyl (C=O) groups excluding carboxylic acids is 1. The number of hydrogen-bond donors (Lipinski definition) is 1. The van der Waals surface area contributed by atoms with Crippen molar-refractivity contribution in [2.24, 2.45) is 0 Å². The van der Waals surface area contributed by atoms with Crippen LogP contribution in [0.3, 0.4) is 0 Å². The smallest absolute Gasteiger partial charge is 0.234 e. The van der Waals surface area contributed by atoms with E-state index < -0.39 is 0 Å². The quantitative estimate of drug-likeness (QED) is 0.571. The second kappa shape index (κ2) is 9.43. The lowest BCUT2D eigenvalue weighted by Gasteiger charge is -2.10. The van der Waals surface area contributed by atoms with Gasteiger partial charge >= 0.3 is 0 Å². The molecule has 1 aromatic heterocycles. The Labute approximate surface area is 172 Å². The van der Waals surface area contributed by atoms with Crippen molar-refractivity contribution in [3.05, 3.63) is 59.6 Å². The zero-order valence-corrected chi connectivity index (χ0v) is 16.9. The van der Waals surface area contributed by atoms with Crippen LogP contribution in [-0.4, -0.2) is 36.1 Å². The lowest BCUT2D eigenvalue weighted by Crippen LogP contribution is -2.14. The van der Waals surface area contributed by atoms with E-state index in [9.17, 15) is 4.79 Å². The van der Waals surface area contributed by atoms with E-state index >= 15 is 0 Å². The number of hydrogen-bond acceptors (Lipinski definition) is 6. The minimum absolute atomic E-state index is 0.166. The van der Waals surface area contributed by atoms with Gasteiger partial charge in [0.15, 0.2) is 0 Å². The number of nitrogens with zero attached hydrogens (tertiary/aromatic N) is 2. The number of amides is 1. The molecule has 0 bridgehead atoms. The van der Waals surface area contributed by atoms with Crippen molar-refractivity contribution in [3.63, 3.8) is 0 Å². The molecular formula is C20H18ClN3O3S. The topological polar surface area (TPSA) is 73.3 Å². The summed E-state index contributed by atoms with van der Waals surface area (Å²) in [4.78, 5) is 12.1. The molecule has 144 valence electrons. The number of methoxy groups -OCH3 is 2. The molecule has 0 aliphatic heterocycles. The molecule has 0 radical (unpaired) electrons. The molecule has 3 rings (SSSR count). The molecule has 0 aliphatic rings. The van der Waals surface area contributed by atoms with E-state index in [2.05, 4.69) is 15.5 Å². The molecule has 0 atom stereocenters. The maximum atomic E-state index is 12.1. The zero-order valence-electron chi connectivity index (χ0n) is 15.3. The van der Waals surface area contributed by atoms with Crippen molar-refractivity contribution in [1.29, 1.82) is 0 Å². The SMILES string of the molecule is COc1ccc(-c2ccc(SCC(=O)Nc3ccccc3Cl)nn2)c(OC)c1. The van der Waals surface area contributed by atoms with Crippen LogP contribution in [0.5, 0.6) is 11.5 Å². The molecule has 6 nitrogen and oxygen atoms in total. The van der Waals surface area contributed by atoms with Gasteiger partial charge in [-0.2, -0.15) is 0 Å². The Morgan fingerprint density at radius 3 is 2.57 bits per heavy atom. The van der Waals surface area contributed by atoms with Crippen molar-refractivity contribution in [3.8, 4) is 22.8 Å². The van der Waals surface area contributed by atoms with Gasteiger partial charge in [0, 0.05) is 11.6 Å². The van der Waals surface area contributed by atoms with Gasteiger partial charge in [0.25, 0.3) is 0 Å². The molecule has 28 heavy (non-hydrogen) atoms. The first-order valence-corrected chi connectivity index (χ1v) is 9.70. The van der Waals surface area contributed by atoms with Crippen molar-refractivity contribution in [2.75, 3.05) is 25.3 Å². The Hall–Kier alpha value is -2.77. The average molecular weight is 416 g/mol. The average Bonchev–Trinajstić information content (AvgIpc) is 2.74. The summed E-state index contributed by atoms with van der Waals surface area (Å²) in [6.07, 6.45) is 0. The largest absolute Gasteiger partial charge is 0.497 e. The molecule has 8 heteroatoms. The highest BCUT2D eigenvalue weighted by Crippen LogP contribution is 2.32. The van der Waals surface area contributed by atoms with Crippen LogP contribution in [0.15, 0.2) is 59.6 Å². The molecular weight excluding hydrogens is 398 g/mol. The van der Waals surface area contributed by atoms with Crippen LogP contribution in [-0.2, 0) is 4.79 Å². The van der Waals surface area contributed by atoms with E-state index in [1.165, 1.54) is 11.8 Å². The molecule has 0 fully saturated rings. The third-order valence-corrected chi connectivity index (χ3v) is 5.07. The van der Waals surface area contributed by atoms with Gasteiger partial charge in [-0.25, -0.2) is 0 Å². The van der Waals surface area contributed by atoms with Gasteiger partial charge in [-0.15, -0.1) is 10.2 Å². The number of para-hydroxylation sites is 1. The summed E-state index contributed by atoms with van der Waals surface area (Å²) in [6, 6.07) is 16.2. The number of anilines is 1. The number of nitrogens with one attached hydrogen (secondary N) is 1. The van der Waals surface area contributed by atoms with E-state index in [0.717, 1.165) is 5.56 Å². The van der Waals surface area contributed by atoms with Crippen molar-refractivity contribution < 1.29 is 14.3 Å². The van der Waals surface area contributed by atoms with Crippen LogP contribution in [0.25, 0.3) is 11.3 Å². The maximum absolute atomic E-state index is 12.1. The summed E-state index contributed by atoms with van der Waals surface area (Å²) < 4.78 is 10.6. The van der Waals surface area contributed by atoms with Gasteiger partial charge in [0.1, 0.15) is 16.5 Å². The molecule has 2 aromatic carbocycles. The predicted molar refractivity (Wildman–Crippen MR) is 111 cm³/mol. The highest BCUT2D eigenvalue weighted by atomic mass is 35.5. The molecule has 0 unspecified atom stereocenters. The molecule has 0 saturated carbocycles. The number of benzene rings is 2. The minimum atomic E-state index is -0.166. The maximum Gasteiger partial charge on any atom is 0.234 e. The minimum Gasteiger partial charge on any atom is -0.497 e. The third kappa shape index (κ3) is 4.94. The van der Waals surface area contributed by atoms with E-state index in [-0.39, 0.29) is 11.7 Å². The van der Waals surface area contributed by atoms with Crippen LogP contribution in [0, 0.1) is 0 Å². The van der Waals surface area contributed by atoms with E-state index in [4.69, 9.17) is 21.1 Å². The molecule has 0 aliphatic carbocycles. The van der Waals surface area contributed by atoms with Gasteiger partial charge < -0.3 is 14.8 Å². The third-order valence-electron chi connectivity index (χ3n) is 3.82. The van der Waals surface area contributed by atoms with Crippen LogP contribution in [0.2, 0.25) is 5.02 Å². The molecule has 0 spiro atoms. The van der Waals surface area contributed by atoms with Crippen molar-refractivity contribution in [1.82, 2.24) is 10.2 Å². The number of thioether (sulfide) groups is 1. The standard InChI is InChI=1S/C20H18ClN3O3S/c1-26-13-7-8-14(18(11-13)27-2)16-9-10-20(24-23-16)28-12-19(25)22-17-6-4-3-5-15(17)21/h3-11H,12H2,1-2H3,(H,22,25). The first-order chi connectivity index (χ1) is 13.6. The summed E-state index contributed by atoms with van der Waals surface area (Å²) in [6.45, 7) is 0. The fraction of sp³-hybridized carbons (Fsp3) is 0.150. The highest BCUT2D eigenvalue weighted by molar-refractivity contribution is 7.99. The lowest BCUT2D eigenvalue weighted by molar-refractivity contribution is -0.113. The fourth-order valence-corrected chi connectivity index (χ4v) is 3.24. The molecule has 1 N–H and O–H groups in total. The first kappa shape index (κ1) is 20.0. The molecule has 1 heterocycles. The number of ether oxygens (including phenoxy) is 2. The number of carbonyl (C=O) groups is 1. The number of rotatable bonds is 7. The second-order valence-corrected chi connectivity index (χ2v) is 7.04. The Kier molecular flexibility index (Phi) is 6.73. The van der Waals surface area contributed by atoms with E-state index in [1.54, 1.807) is 32.4 Å². The second-order valence-electron chi connectivity index (χ2n) is 5.64. The van der Waals surface area contributed by atoms with E-state index in [1.807, 2.05) is 36.4 Å². The van der Waals surface area contributed by atoms with Crippen LogP contribution in [0.4, 0.5) is 5.69 Å². The summed E-state index contributed by atoms with van der Waals surface area (Å²) in [5.41, 5.74) is 2.07. The Morgan fingerprint density at radius 2 is 1.89 bits per heavy atom. The number of aromatic nitrogens is 2. The molecule has 1 amide bonds. The van der Waals surface area contributed by atoms with Crippen LogP contribution in [0.1, 0.15) is 0 Å². The van der Waals surface area contributed by atoms with Crippen molar-refractivity contribution >= 4 is 35.0 Å². The summed E-state index contributed by atoms with van der Waals surface area (Å²) in [5, 5.41) is 12.4. The van der Waals surface area contributed by atoms with Gasteiger partial charge in [0.05, 0.1) is 36.4 Å². The van der Waals surface area contributed by atoms with Crippen molar-refractivity contribution in [2.45, 2.75) is 5.03 Å². The Morgan fingerprint density at radius 1 is 1.07 bits per heavy atom. The van der Waals surface area contributed by atoms with Crippen LogP contribution >= 0.6 is 23.4 Å². The monoisotopic (exact) mass is 415 g/mol. The molecule has 0 saturated heterocycles. The van der Waals surface area contributed by atoms with Gasteiger partial charge in [-0.3, -0.25) is 4.79 Å². The van der Waals surface area contributed by atoms with E-state index in [0.29, 0.717) is 32.9 Å². The Balaban J connectivity index is 1.63. The van der Waals surface area contributed by atoms with Crippen LogP contribution < -0.4 is 14.8 Å². The molecule has 3 aromatic rings. The van der Waals surface area contributed by atoms with Gasteiger partial charge in [-0.1, -0.05) is 35.5 Å². The normalized spacial score (nSPS) is 10.4. The fourth-order valence-electron chi connectivity index (χ4n) is 2.44. The summed E-state index contributed by atoms with van der Waals surface area (Å²) in [7, 11) is 3.19. The number of halogens is 1. The highest BCUT2D eigenvalue weighted by Gasteiger charge is 2.11. The first-order valence-electron chi connectivity index (χ1n) is 8.34. The predicted octanol–water partition coefficient (Wildman–Crippen LogP) is 4.55. The zero-order chi connectivity index (χ0) is 19.9.